The third-order valence-electron chi connectivity index (χ3n) is 4.94. The van der Waals surface area contributed by atoms with Crippen molar-refractivity contribution in [2.75, 3.05) is 19.6 Å². The number of rotatable bonds is 4. The van der Waals surface area contributed by atoms with E-state index < -0.39 is 11.9 Å². The zero-order valence-electron chi connectivity index (χ0n) is 15.0. The Morgan fingerprint density at radius 2 is 1.80 bits per heavy atom. The number of nitrogens with zero attached hydrogens (tertiary/aromatic N) is 2. The van der Waals surface area contributed by atoms with Crippen LogP contribution in [0.3, 0.4) is 0 Å². The Bertz CT molecular complexity index is 621. The molecule has 3 atom stereocenters. The first-order valence-electron chi connectivity index (χ1n) is 9.01. The van der Waals surface area contributed by atoms with Gasteiger partial charge in [0.2, 0.25) is 5.91 Å². The van der Waals surface area contributed by atoms with Crippen molar-refractivity contribution in [2.45, 2.75) is 51.5 Å². The fraction of sp³-hybridized carbons (Fsp3) is 0.579. The Balaban J connectivity index is 1.64. The molecule has 0 spiro atoms. The number of hydrogen-bond donors (Lipinski definition) is 1. The number of nitrogens with two attached hydrogens (primary N) is 1. The van der Waals surface area contributed by atoms with Crippen molar-refractivity contribution in [3.63, 3.8) is 0 Å². The average molecular weight is 345 g/mol. The van der Waals surface area contributed by atoms with Crippen LogP contribution in [0.4, 0.5) is 0 Å². The summed E-state index contributed by atoms with van der Waals surface area (Å²) >= 11 is 0. The minimum absolute atomic E-state index is 0.110. The summed E-state index contributed by atoms with van der Waals surface area (Å²) in [4.78, 5) is 28.1. The Labute approximate surface area is 148 Å². The summed E-state index contributed by atoms with van der Waals surface area (Å²) < 4.78 is 5.76. The molecule has 2 N–H and O–H groups in total. The number of amides is 2. The van der Waals surface area contributed by atoms with Crippen molar-refractivity contribution in [3.8, 4) is 0 Å². The van der Waals surface area contributed by atoms with E-state index in [1.807, 2.05) is 24.3 Å². The zero-order chi connectivity index (χ0) is 18.0. The number of hydrogen-bond acceptors (Lipinski definition) is 4. The lowest BCUT2D eigenvalue weighted by Crippen LogP contribution is -2.44. The predicted octanol–water partition coefficient (Wildman–Crippen LogP) is 1.39. The van der Waals surface area contributed by atoms with Gasteiger partial charge in [0.1, 0.15) is 6.04 Å². The molecule has 0 bridgehead atoms. The van der Waals surface area contributed by atoms with Gasteiger partial charge in [-0.3, -0.25) is 14.5 Å². The highest BCUT2D eigenvalue weighted by molar-refractivity contribution is 5.97. The van der Waals surface area contributed by atoms with Crippen molar-refractivity contribution >= 4 is 11.8 Å². The number of morpholine rings is 1. The number of primary amides is 1. The van der Waals surface area contributed by atoms with Crippen molar-refractivity contribution < 1.29 is 14.3 Å². The van der Waals surface area contributed by atoms with E-state index in [0.29, 0.717) is 18.5 Å². The molecule has 25 heavy (non-hydrogen) atoms. The summed E-state index contributed by atoms with van der Waals surface area (Å²) in [5.41, 5.74) is 7.19. The number of likely N-dealkylation sites (tertiary alicyclic amines) is 1. The Morgan fingerprint density at radius 1 is 1.16 bits per heavy atom. The quantitative estimate of drug-likeness (QED) is 0.895. The maximum absolute atomic E-state index is 12.6. The van der Waals surface area contributed by atoms with Crippen LogP contribution >= 0.6 is 0 Å². The molecule has 2 amide bonds. The van der Waals surface area contributed by atoms with Gasteiger partial charge in [0.25, 0.3) is 5.91 Å². The van der Waals surface area contributed by atoms with Crippen LogP contribution in [0.5, 0.6) is 0 Å². The Morgan fingerprint density at radius 3 is 2.40 bits per heavy atom. The largest absolute Gasteiger partial charge is 0.373 e. The summed E-state index contributed by atoms with van der Waals surface area (Å²) in [6, 6.07) is 7.21. The van der Waals surface area contributed by atoms with Crippen LogP contribution in [0.25, 0.3) is 0 Å². The number of benzene rings is 1. The van der Waals surface area contributed by atoms with E-state index >= 15 is 0 Å². The molecular weight excluding hydrogens is 318 g/mol. The summed E-state index contributed by atoms with van der Waals surface area (Å²) in [5, 5.41) is 0. The van der Waals surface area contributed by atoms with Crippen LogP contribution in [0.1, 0.15) is 42.6 Å². The normalized spacial score (nSPS) is 27.4. The molecule has 0 aromatic heterocycles. The SMILES string of the molecule is C[C@@H]1CN(Cc2ccc(C(=O)N3CCC[C@H]3C(N)=O)cc2)C[C@H](C)O1. The van der Waals surface area contributed by atoms with Crippen molar-refractivity contribution in [1.29, 1.82) is 0 Å². The van der Waals surface area contributed by atoms with E-state index in [1.54, 1.807) is 4.90 Å². The van der Waals surface area contributed by atoms with Gasteiger partial charge in [0, 0.05) is 31.7 Å². The van der Waals surface area contributed by atoms with Gasteiger partial charge in [-0.15, -0.1) is 0 Å². The molecule has 2 aliphatic heterocycles. The van der Waals surface area contributed by atoms with E-state index in [1.165, 1.54) is 5.56 Å². The van der Waals surface area contributed by atoms with Crippen LogP contribution in [0, 0.1) is 0 Å². The third-order valence-corrected chi connectivity index (χ3v) is 4.94. The highest BCUT2D eigenvalue weighted by Gasteiger charge is 2.33. The molecule has 6 nitrogen and oxygen atoms in total. The van der Waals surface area contributed by atoms with E-state index in [4.69, 9.17) is 10.5 Å². The van der Waals surface area contributed by atoms with Gasteiger partial charge in [0.15, 0.2) is 0 Å². The molecule has 6 heteroatoms. The fourth-order valence-corrected chi connectivity index (χ4v) is 3.90. The van der Waals surface area contributed by atoms with Crippen LogP contribution < -0.4 is 5.73 Å². The third kappa shape index (κ3) is 4.19. The van der Waals surface area contributed by atoms with Crippen LogP contribution in [0.15, 0.2) is 24.3 Å². The first-order valence-corrected chi connectivity index (χ1v) is 9.01. The highest BCUT2D eigenvalue weighted by atomic mass is 16.5. The van der Waals surface area contributed by atoms with Gasteiger partial charge in [-0.25, -0.2) is 0 Å². The molecule has 2 fully saturated rings. The van der Waals surface area contributed by atoms with Gasteiger partial charge < -0.3 is 15.4 Å². The smallest absolute Gasteiger partial charge is 0.254 e. The molecule has 0 radical (unpaired) electrons. The molecule has 2 heterocycles. The fourth-order valence-electron chi connectivity index (χ4n) is 3.90. The first-order chi connectivity index (χ1) is 11.9. The second-order valence-corrected chi connectivity index (χ2v) is 7.21. The summed E-state index contributed by atoms with van der Waals surface area (Å²) in [6.07, 6.45) is 1.97. The number of carbonyl (C=O) groups is 2. The van der Waals surface area contributed by atoms with Gasteiger partial charge in [0.05, 0.1) is 12.2 Å². The molecule has 0 saturated carbocycles. The molecule has 3 rings (SSSR count). The average Bonchev–Trinajstić information content (AvgIpc) is 3.04. The Hall–Kier alpha value is -1.92. The van der Waals surface area contributed by atoms with Gasteiger partial charge in [-0.1, -0.05) is 12.1 Å². The van der Waals surface area contributed by atoms with E-state index in [2.05, 4.69) is 18.7 Å². The Kier molecular flexibility index (Phi) is 5.39. The molecular formula is C19H27N3O3. The highest BCUT2D eigenvalue weighted by Crippen LogP contribution is 2.21. The monoisotopic (exact) mass is 345 g/mol. The first kappa shape index (κ1) is 17.9. The topological polar surface area (TPSA) is 75.9 Å². The standard InChI is InChI=1S/C19H27N3O3/c1-13-10-21(11-14(2)25-13)12-15-5-7-16(8-6-15)19(24)22-9-3-4-17(22)18(20)23/h5-8,13-14,17H,3-4,9-12H2,1-2H3,(H2,20,23)/t13-,14+,17-/m0/s1. The minimum atomic E-state index is -0.469. The summed E-state index contributed by atoms with van der Waals surface area (Å²) in [7, 11) is 0. The van der Waals surface area contributed by atoms with Crippen molar-refractivity contribution in [3.05, 3.63) is 35.4 Å². The lowest BCUT2D eigenvalue weighted by molar-refractivity contribution is -0.121. The van der Waals surface area contributed by atoms with Crippen LogP contribution in [0.2, 0.25) is 0 Å². The van der Waals surface area contributed by atoms with Crippen molar-refractivity contribution in [2.24, 2.45) is 5.73 Å². The molecule has 1 aromatic carbocycles. The zero-order valence-corrected chi connectivity index (χ0v) is 15.0. The van der Waals surface area contributed by atoms with Gasteiger partial charge in [-0.05, 0) is 44.4 Å². The molecule has 136 valence electrons. The van der Waals surface area contributed by atoms with Crippen LogP contribution in [-0.4, -0.2) is 59.5 Å². The maximum Gasteiger partial charge on any atom is 0.254 e. The second kappa shape index (κ2) is 7.54. The van der Waals surface area contributed by atoms with E-state index in [9.17, 15) is 9.59 Å². The lowest BCUT2D eigenvalue weighted by Gasteiger charge is -2.35. The van der Waals surface area contributed by atoms with E-state index in [-0.39, 0.29) is 18.1 Å². The maximum atomic E-state index is 12.6. The van der Waals surface area contributed by atoms with Crippen molar-refractivity contribution in [1.82, 2.24) is 9.80 Å². The molecule has 1 aromatic rings. The van der Waals surface area contributed by atoms with Gasteiger partial charge >= 0.3 is 0 Å². The molecule has 2 aliphatic rings. The van der Waals surface area contributed by atoms with Crippen LogP contribution in [-0.2, 0) is 16.1 Å². The second-order valence-electron chi connectivity index (χ2n) is 7.21. The van der Waals surface area contributed by atoms with E-state index in [0.717, 1.165) is 26.1 Å². The molecule has 0 aliphatic carbocycles. The number of carbonyl (C=O) groups excluding carboxylic acids is 2. The minimum Gasteiger partial charge on any atom is -0.373 e. The predicted molar refractivity (Wildman–Crippen MR) is 95.0 cm³/mol. The lowest BCUT2D eigenvalue weighted by atomic mass is 10.1. The summed E-state index contributed by atoms with van der Waals surface area (Å²) in [5.74, 6) is -0.528. The van der Waals surface area contributed by atoms with Gasteiger partial charge in [-0.2, -0.15) is 0 Å². The summed E-state index contributed by atoms with van der Waals surface area (Å²) in [6.45, 7) is 7.46. The molecule has 2 saturated heterocycles. The number of ether oxygens (including phenoxy) is 1. The molecule has 0 unspecified atom stereocenters.